The molecule has 1 atom stereocenters. The van der Waals surface area contributed by atoms with Crippen LogP contribution >= 0.6 is 0 Å². The Balaban J connectivity index is 1.56. The summed E-state index contributed by atoms with van der Waals surface area (Å²) in [6.45, 7) is 1.78. The van der Waals surface area contributed by atoms with Crippen LogP contribution in [-0.2, 0) is 4.79 Å². The Hall–Kier alpha value is -3.59. The second kappa shape index (κ2) is 8.61. The predicted molar refractivity (Wildman–Crippen MR) is 117 cm³/mol. The van der Waals surface area contributed by atoms with Gasteiger partial charge in [0.05, 0.1) is 6.04 Å². The molecule has 0 radical (unpaired) electrons. The van der Waals surface area contributed by atoms with Crippen molar-refractivity contribution in [2.45, 2.75) is 19.1 Å². The van der Waals surface area contributed by atoms with E-state index in [1.54, 1.807) is 6.92 Å². The molecule has 0 unspecified atom stereocenters. The molecular weight excluding hydrogens is 358 g/mol. The van der Waals surface area contributed by atoms with Gasteiger partial charge >= 0.3 is 0 Å². The lowest BCUT2D eigenvalue weighted by atomic mass is 9.98. The molecule has 0 saturated carbocycles. The van der Waals surface area contributed by atoms with Crippen molar-refractivity contribution in [3.05, 3.63) is 114 Å². The van der Waals surface area contributed by atoms with Gasteiger partial charge in [0.25, 0.3) is 5.91 Å². The second-order valence-corrected chi connectivity index (χ2v) is 7.00. The van der Waals surface area contributed by atoms with Gasteiger partial charge in [-0.25, -0.2) is 0 Å². The molecule has 0 heterocycles. The average Bonchev–Trinajstić information content (AvgIpc) is 2.78. The van der Waals surface area contributed by atoms with Crippen LogP contribution in [0.5, 0.6) is 5.75 Å². The molecule has 0 saturated heterocycles. The summed E-state index contributed by atoms with van der Waals surface area (Å²) in [4.78, 5) is 13.0. The maximum atomic E-state index is 13.0. The lowest BCUT2D eigenvalue weighted by molar-refractivity contribution is -0.127. The highest BCUT2D eigenvalue weighted by Gasteiger charge is 2.22. The average molecular weight is 381 g/mol. The van der Waals surface area contributed by atoms with E-state index in [-0.39, 0.29) is 11.9 Å². The number of benzene rings is 4. The van der Waals surface area contributed by atoms with E-state index in [4.69, 9.17) is 4.74 Å². The Morgan fingerprint density at radius 1 is 0.724 bits per heavy atom. The molecule has 0 aliphatic carbocycles. The first-order chi connectivity index (χ1) is 14.2. The van der Waals surface area contributed by atoms with Crippen LogP contribution < -0.4 is 10.1 Å². The number of fused-ring (bicyclic) bond motifs is 1. The molecular formula is C26H23NO2. The van der Waals surface area contributed by atoms with E-state index in [0.717, 1.165) is 21.9 Å². The van der Waals surface area contributed by atoms with E-state index in [0.29, 0.717) is 5.75 Å². The Kier molecular flexibility index (Phi) is 5.57. The lowest BCUT2D eigenvalue weighted by Gasteiger charge is -2.23. The highest BCUT2D eigenvalue weighted by Crippen LogP contribution is 2.27. The summed E-state index contributed by atoms with van der Waals surface area (Å²) < 4.78 is 6.05. The molecule has 4 rings (SSSR count). The van der Waals surface area contributed by atoms with Gasteiger partial charge in [-0.2, -0.15) is 0 Å². The molecule has 0 bridgehead atoms. The standard InChI is InChI=1S/C26H23NO2/c1-19(29-24-18-10-16-20-11-8-9-17-23(20)24)26(28)27-25(21-12-4-2-5-13-21)22-14-6-3-7-15-22/h2-19,25H,1H3,(H,27,28)/t19-/m0/s1. The van der Waals surface area contributed by atoms with Crippen LogP contribution in [0.4, 0.5) is 0 Å². The summed E-state index contributed by atoms with van der Waals surface area (Å²) in [5.41, 5.74) is 2.06. The summed E-state index contributed by atoms with van der Waals surface area (Å²) in [5.74, 6) is 0.553. The Morgan fingerprint density at radius 2 is 1.28 bits per heavy atom. The van der Waals surface area contributed by atoms with Crippen molar-refractivity contribution in [2.24, 2.45) is 0 Å². The number of ether oxygens (including phenoxy) is 1. The van der Waals surface area contributed by atoms with E-state index in [1.165, 1.54) is 0 Å². The van der Waals surface area contributed by atoms with E-state index in [1.807, 2.05) is 103 Å². The number of hydrogen-bond acceptors (Lipinski definition) is 2. The molecule has 0 aliphatic heterocycles. The van der Waals surface area contributed by atoms with Gasteiger partial charge in [0.2, 0.25) is 0 Å². The summed E-state index contributed by atoms with van der Waals surface area (Å²) in [6, 6.07) is 33.6. The van der Waals surface area contributed by atoms with Crippen molar-refractivity contribution in [1.82, 2.24) is 5.32 Å². The Labute approximate surface area is 171 Å². The molecule has 1 amide bonds. The van der Waals surface area contributed by atoms with Crippen molar-refractivity contribution >= 4 is 16.7 Å². The normalized spacial score (nSPS) is 11.9. The minimum absolute atomic E-state index is 0.157. The third kappa shape index (κ3) is 4.30. The molecule has 4 aromatic carbocycles. The van der Waals surface area contributed by atoms with Crippen molar-refractivity contribution < 1.29 is 9.53 Å². The molecule has 0 fully saturated rings. The third-order valence-corrected chi connectivity index (χ3v) is 4.98. The van der Waals surface area contributed by atoms with Crippen LogP contribution in [0.1, 0.15) is 24.1 Å². The summed E-state index contributed by atoms with van der Waals surface area (Å²) >= 11 is 0. The highest BCUT2D eigenvalue weighted by atomic mass is 16.5. The highest BCUT2D eigenvalue weighted by molar-refractivity contribution is 5.89. The molecule has 1 N–H and O–H groups in total. The largest absolute Gasteiger partial charge is 0.480 e. The molecule has 4 aromatic rings. The quantitative estimate of drug-likeness (QED) is 0.478. The Bertz CT molecular complexity index is 1050. The van der Waals surface area contributed by atoms with E-state index < -0.39 is 6.10 Å². The summed E-state index contributed by atoms with van der Waals surface area (Å²) in [7, 11) is 0. The fourth-order valence-electron chi connectivity index (χ4n) is 3.45. The first-order valence-corrected chi connectivity index (χ1v) is 9.77. The van der Waals surface area contributed by atoms with Gasteiger partial charge in [-0.05, 0) is 29.5 Å². The van der Waals surface area contributed by atoms with Crippen LogP contribution in [0.2, 0.25) is 0 Å². The van der Waals surface area contributed by atoms with Crippen molar-refractivity contribution in [1.29, 1.82) is 0 Å². The molecule has 144 valence electrons. The van der Waals surface area contributed by atoms with Crippen molar-refractivity contribution in [2.75, 3.05) is 0 Å². The molecule has 0 aromatic heterocycles. The monoisotopic (exact) mass is 381 g/mol. The van der Waals surface area contributed by atoms with Gasteiger partial charge in [0.15, 0.2) is 6.10 Å². The van der Waals surface area contributed by atoms with Gasteiger partial charge in [-0.1, -0.05) is 97.1 Å². The smallest absolute Gasteiger partial charge is 0.261 e. The first kappa shape index (κ1) is 18.8. The topological polar surface area (TPSA) is 38.3 Å². The Morgan fingerprint density at radius 3 is 1.93 bits per heavy atom. The van der Waals surface area contributed by atoms with E-state index in [2.05, 4.69) is 5.32 Å². The molecule has 0 spiro atoms. The minimum atomic E-state index is -0.629. The van der Waals surface area contributed by atoms with Crippen LogP contribution in [0.25, 0.3) is 10.8 Å². The van der Waals surface area contributed by atoms with Gasteiger partial charge < -0.3 is 10.1 Å². The number of amides is 1. The van der Waals surface area contributed by atoms with E-state index in [9.17, 15) is 4.79 Å². The molecule has 3 heteroatoms. The maximum Gasteiger partial charge on any atom is 0.261 e. The van der Waals surface area contributed by atoms with Gasteiger partial charge in [-0.15, -0.1) is 0 Å². The van der Waals surface area contributed by atoms with Crippen molar-refractivity contribution in [3.63, 3.8) is 0 Å². The zero-order chi connectivity index (χ0) is 20.1. The number of carbonyl (C=O) groups is 1. The van der Waals surface area contributed by atoms with Gasteiger partial charge in [0.1, 0.15) is 5.75 Å². The third-order valence-electron chi connectivity index (χ3n) is 4.98. The first-order valence-electron chi connectivity index (χ1n) is 9.77. The number of carbonyl (C=O) groups excluding carboxylic acids is 1. The van der Waals surface area contributed by atoms with Crippen LogP contribution in [0.3, 0.4) is 0 Å². The zero-order valence-corrected chi connectivity index (χ0v) is 16.3. The number of hydrogen-bond donors (Lipinski definition) is 1. The van der Waals surface area contributed by atoms with Crippen molar-refractivity contribution in [3.8, 4) is 5.75 Å². The van der Waals surface area contributed by atoms with Crippen LogP contribution in [0, 0.1) is 0 Å². The summed E-state index contributed by atoms with van der Waals surface area (Å²) in [5, 5.41) is 5.24. The predicted octanol–water partition coefficient (Wildman–Crippen LogP) is 5.51. The minimum Gasteiger partial charge on any atom is -0.480 e. The number of rotatable bonds is 6. The van der Waals surface area contributed by atoms with Crippen LogP contribution in [0.15, 0.2) is 103 Å². The maximum absolute atomic E-state index is 13.0. The summed E-state index contributed by atoms with van der Waals surface area (Å²) in [6.07, 6.45) is -0.629. The molecule has 3 nitrogen and oxygen atoms in total. The SMILES string of the molecule is C[C@H](Oc1cccc2ccccc12)C(=O)NC(c1ccccc1)c1ccccc1. The van der Waals surface area contributed by atoms with Crippen LogP contribution in [-0.4, -0.2) is 12.0 Å². The fraction of sp³-hybridized carbons (Fsp3) is 0.115. The molecule has 29 heavy (non-hydrogen) atoms. The van der Waals surface area contributed by atoms with Gasteiger partial charge in [-0.3, -0.25) is 4.79 Å². The second-order valence-electron chi connectivity index (χ2n) is 7.00. The van der Waals surface area contributed by atoms with Gasteiger partial charge in [0, 0.05) is 5.39 Å². The zero-order valence-electron chi connectivity index (χ0n) is 16.3. The molecule has 0 aliphatic rings. The lowest BCUT2D eigenvalue weighted by Crippen LogP contribution is -2.39. The fourth-order valence-corrected chi connectivity index (χ4v) is 3.45. The van der Waals surface area contributed by atoms with E-state index >= 15 is 0 Å². The number of nitrogens with one attached hydrogen (secondary N) is 1.